The number of nitrogens with one attached hydrogen (secondary N) is 1. The number of amides is 1. The van der Waals surface area contributed by atoms with Gasteiger partial charge in [0, 0.05) is 49.0 Å². The molecular weight excluding hydrogens is 472 g/mol. The van der Waals surface area contributed by atoms with E-state index in [1.165, 1.54) is 0 Å². The zero-order valence-electron chi connectivity index (χ0n) is 21.8. The van der Waals surface area contributed by atoms with Crippen molar-refractivity contribution in [1.29, 1.82) is 0 Å². The van der Waals surface area contributed by atoms with Gasteiger partial charge in [0.2, 0.25) is 0 Å². The molecule has 0 radical (unpaired) electrons. The van der Waals surface area contributed by atoms with Crippen LogP contribution < -0.4 is 10.1 Å². The molecule has 1 saturated heterocycles. The van der Waals surface area contributed by atoms with E-state index < -0.39 is 5.60 Å². The number of ether oxygens (including phenoxy) is 2. The maximum absolute atomic E-state index is 12.2. The Kier molecular flexibility index (Phi) is 8.48. The molecule has 0 saturated carbocycles. The first-order chi connectivity index (χ1) is 17.8. The summed E-state index contributed by atoms with van der Waals surface area (Å²) in [5.41, 5.74) is 1.05. The number of likely N-dealkylation sites (tertiary alicyclic amines) is 1. The normalized spacial score (nSPS) is 15.6. The van der Waals surface area contributed by atoms with Crippen molar-refractivity contribution in [2.75, 3.05) is 26.2 Å². The molecular formula is C29H36N2O6. The second-order valence-electron chi connectivity index (χ2n) is 10.5. The molecule has 1 aliphatic rings. The van der Waals surface area contributed by atoms with Gasteiger partial charge in [-0.2, -0.15) is 0 Å². The fraction of sp³-hybridized carbons (Fsp3) is 0.483. The summed E-state index contributed by atoms with van der Waals surface area (Å²) in [6.07, 6.45) is 5.66. The van der Waals surface area contributed by atoms with E-state index in [1.807, 2.05) is 51.1 Å². The average molecular weight is 509 g/mol. The highest BCUT2D eigenvalue weighted by Crippen LogP contribution is 2.36. The van der Waals surface area contributed by atoms with Crippen LogP contribution in [0.15, 0.2) is 41.0 Å². The maximum atomic E-state index is 12.2. The van der Waals surface area contributed by atoms with Gasteiger partial charge in [0.05, 0.1) is 6.26 Å². The number of furan rings is 1. The van der Waals surface area contributed by atoms with Crippen molar-refractivity contribution in [3.05, 3.63) is 42.2 Å². The van der Waals surface area contributed by atoms with Crippen LogP contribution in [0.3, 0.4) is 0 Å². The molecule has 1 N–H and O–H groups in total. The first kappa shape index (κ1) is 26.7. The summed E-state index contributed by atoms with van der Waals surface area (Å²) in [5, 5.41) is 6.42. The van der Waals surface area contributed by atoms with Crippen molar-refractivity contribution in [3.63, 3.8) is 0 Å². The van der Waals surface area contributed by atoms with Gasteiger partial charge in [-0.05, 0) is 75.1 Å². The molecule has 198 valence electrons. The van der Waals surface area contributed by atoms with Gasteiger partial charge in [-0.15, -0.1) is 0 Å². The molecule has 1 unspecified atom stereocenters. The topological polar surface area (TPSA) is 98.1 Å². The lowest BCUT2D eigenvalue weighted by Gasteiger charge is -2.33. The van der Waals surface area contributed by atoms with Crippen molar-refractivity contribution in [1.82, 2.24) is 10.2 Å². The summed E-state index contributed by atoms with van der Waals surface area (Å²) in [6, 6.07) is 10.1. The number of piperidine rings is 1. The monoisotopic (exact) mass is 508 g/mol. The fourth-order valence-corrected chi connectivity index (χ4v) is 4.80. The number of fused-ring (bicyclic) bond motifs is 3. The Morgan fingerprint density at radius 3 is 2.68 bits per heavy atom. The summed E-state index contributed by atoms with van der Waals surface area (Å²) < 4.78 is 17.2. The van der Waals surface area contributed by atoms with Crippen molar-refractivity contribution in [2.45, 2.75) is 64.0 Å². The average Bonchev–Trinajstić information content (AvgIpc) is 3.31. The predicted octanol–water partition coefficient (Wildman–Crippen LogP) is 5.22. The lowest BCUT2D eigenvalue weighted by Crippen LogP contribution is -2.47. The first-order valence-electron chi connectivity index (χ1n) is 13.0. The quantitative estimate of drug-likeness (QED) is 0.296. The molecule has 0 bridgehead atoms. The van der Waals surface area contributed by atoms with Crippen molar-refractivity contribution >= 4 is 40.4 Å². The molecule has 4 rings (SSSR count). The molecule has 1 atom stereocenters. The third-order valence-corrected chi connectivity index (χ3v) is 6.66. The summed E-state index contributed by atoms with van der Waals surface area (Å²) >= 11 is 0. The number of hydrogen-bond donors (Lipinski definition) is 1. The number of hydrogen-bond acceptors (Lipinski definition) is 7. The molecule has 2 aromatic carbocycles. The third kappa shape index (κ3) is 6.68. The Morgan fingerprint density at radius 1 is 1.19 bits per heavy atom. The molecule has 1 aromatic heterocycles. The van der Waals surface area contributed by atoms with Crippen LogP contribution in [0.4, 0.5) is 4.79 Å². The SMILES string of the molecule is CC(C)(C)OC(=O)N1CCC(NCCOc2ccc3c(ccc4occ(C(C=O)CCC=O)c43)c2)CC1. The van der Waals surface area contributed by atoms with Gasteiger partial charge in [-0.3, -0.25) is 0 Å². The molecule has 1 fully saturated rings. The molecule has 8 nitrogen and oxygen atoms in total. The number of carbonyl (C=O) groups excluding carboxylic acids is 3. The summed E-state index contributed by atoms with van der Waals surface area (Å²) in [4.78, 5) is 36.5. The standard InChI is InChI=1S/C29H36N2O6/c1-29(2,3)37-28(34)31-13-10-22(11-14-31)30-12-16-35-23-7-8-24-20(17-23)6-9-26-27(24)25(19-36-26)21(18-33)5-4-15-32/h6-9,15,17-19,21-22,30H,4-5,10-14,16H2,1-3H3. The second-order valence-corrected chi connectivity index (χ2v) is 10.5. The largest absolute Gasteiger partial charge is 0.492 e. The molecule has 8 heteroatoms. The molecule has 37 heavy (non-hydrogen) atoms. The van der Waals surface area contributed by atoms with E-state index in [2.05, 4.69) is 5.32 Å². The van der Waals surface area contributed by atoms with Gasteiger partial charge in [-0.25, -0.2) is 4.79 Å². The lowest BCUT2D eigenvalue weighted by atomic mass is 9.93. The highest BCUT2D eigenvalue weighted by atomic mass is 16.6. The zero-order valence-corrected chi connectivity index (χ0v) is 21.8. The van der Waals surface area contributed by atoms with E-state index in [-0.39, 0.29) is 12.0 Å². The smallest absolute Gasteiger partial charge is 0.410 e. The molecule has 0 aliphatic carbocycles. The highest BCUT2D eigenvalue weighted by Gasteiger charge is 2.26. The van der Waals surface area contributed by atoms with Gasteiger partial charge in [0.15, 0.2) is 0 Å². The molecule has 3 aromatic rings. The van der Waals surface area contributed by atoms with E-state index in [4.69, 9.17) is 13.9 Å². The van der Waals surface area contributed by atoms with Crippen LogP contribution >= 0.6 is 0 Å². The zero-order chi connectivity index (χ0) is 26.4. The van der Waals surface area contributed by atoms with Gasteiger partial charge in [0.1, 0.15) is 36.1 Å². The fourth-order valence-electron chi connectivity index (χ4n) is 4.80. The molecule has 0 spiro atoms. The Labute approximate surface area is 217 Å². The highest BCUT2D eigenvalue weighted by molar-refractivity contribution is 6.08. The number of benzene rings is 2. The Bertz CT molecular complexity index is 1240. The van der Waals surface area contributed by atoms with Gasteiger partial charge in [0.25, 0.3) is 0 Å². The maximum Gasteiger partial charge on any atom is 0.410 e. The third-order valence-electron chi connectivity index (χ3n) is 6.66. The van der Waals surface area contributed by atoms with Crippen LogP contribution in [0.2, 0.25) is 0 Å². The number of carbonyl (C=O) groups is 3. The van der Waals surface area contributed by atoms with Gasteiger partial charge >= 0.3 is 6.09 Å². The van der Waals surface area contributed by atoms with Gasteiger partial charge < -0.3 is 33.7 Å². The Morgan fingerprint density at radius 2 is 1.97 bits per heavy atom. The lowest BCUT2D eigenvalue weighted by molar-refractivity contribution is -0.109. The van der Waals surface area contributed by atoms with Crippen molar-refractivity contribution in [2.24, 2.45) is 0 Å². The number of rotatable bonds is 10. The number of aldehydes is 2. The minimum atomic E-state index is -0.478. The van der Waals surface area contributed by atoms with Crippen LogP contribution in [0, 0.1) is 0 Å². The van der Waals surface area contributed by atoms with Crippen LogP contribution in [0.1, 0.15) is 57.9 Å². The summed E-state index contributed by atoms with van der Waals surface area (Å²) in [5.74, 6) is 0.390. The van der Waals surface area contributed by atoms with E-state index in [0.717, 1.165) is 58.5 Å². The Balaban J connectivity index is 1.31. The van der Waals surface area contributed by atoms with Crippen LogP contribution in [-0.4, -0.2) is 61.4 Å². The number of nitrogens with zero attached hydrogens (tertiary/aromatic N) is 1. The minimum Gasteiger partial charge on any atom is -0.492 e. The van der Waals surface area contributed by atoms with Crippen molar-refractivity contribution < 1.29 is 28.3 Å². The predicted molar refractivity (Wildman–Crippen MR) is 142 cm³/mol. The molecule has 1 aliphatic heterocycles. The minimum absolute atomic E-state index is 0.243. The first-order valence-corrected chi connectivity index (χ1v) is 13.0. The summed E-state index contributed by atoms with van der Waals surface area (Å²) in [6.45, 7) is 8.24. The second kappa shape index (κ2) is 11.8. The van der Waals surface area contributed by atoms with E-state index in [1.54, 1.807) is 11.2 Å². The summed E-state index contributed by atoms with van der Waals surface area (Å²) in [7, 11) is 0. The van der Waals surface area contributed by atoms with E-state index >= 15 is 0 Å². The molecule has 2 heterocycles. The van der Waals surface area contributed by atoms with E-state index in [0.29, 0.717) is 45.1 Å². The van der Waals surface area contributed by atoms with E-state index in [9.17, 15) is 14.4 Å². The Hall–Kier alpha value is -3.39. The van der Waals surface area contributed by atoms with Crippen molar-refractivity contribution in [3.8, 4) is 5.75 Å². The van der Waals surface area contributed by atoms with Crippen LogP contribution in [0.5, 0.6) is 5.75 Å². The van der Waals surface area contributed by atoms with Crippen LogP contribution in [0.25, 0.3) is 21.7 Å². The van der Waals surface area contributed by atoms with Crippen LogP contribution in [-0.2, 0) is 14.3 Å². The molecule has 1 amide bonds. The van der Waals surface area contributed by atoms with Gasteiger partial charge in [-0.1, -0.05) is 6.07 Å².